The molecule has 0 spiro atoms. The van der Waals surface area contributed by atoms with Crippen molar-refractivity contribution in [3.8, 4) is 0 Å². The number of hydrogen-bond acceptors (Lipinski definition) is 3. The molecule has 1 unspecified atom stereocenters. The van der Waals surface area contributed by atoms with Gasteiger partial charge in [-0.15, -0.1) is 0 Å². The third kappa shape index (κ3) is 3.09. The average Bonchev–Trinajstić information content (AvgIpc) is 2.88. The molecule has 3 atom stereocenters. The molecule has 0 aliphatic carbocycles. The Hall–Kier alpha value is -1.39. The third-order valence-corrected chi connectivity index (χ3v) is 3.32. The minimum atomic E-state index is -0.343. The van der Waals surface area contributed by atoms with Gasteiger partial charge in [0.2, 0.25) is 5.91 Å². The molecule has 4 nitrogen and oxygen atoms in total. The van der Waals surface area contributed by atoms with E-state index < -0.39 is 0 Å². The fourth-order valence-corrected chi connectivity index (χ4v) is 2.20. The van der Waals surface area contributed by atoms with E-state index in [2.05, 4.69) is 5.32 Å². The Balaban J connectivity index is 1.88. The lowest BCUT2D eigenvalue weighted by Gasteiger charge is -2.18. The molecule has 1 saturated heterocycles. The van der Waals surface area contributed by atoms with Gasteiger partial charge in [-0.25, -0.2) is 0 Å². The van der Waals surface area contributed by atoms with E-state index in [1.165, 1.54) is 0 Å². The summed E-state index contributed by atoms with van der Waals surface area (Å²) in [5.41, 5.74) is 6.63. The van der Waals surface area contributed by atoms with Gasteiger partial charge in [-0.3, -0.25) is 4.79 Å². The van der Waals surface area contributed by atoms with E-state index in [4.69, 9.17) is 10.5 Å². The van der Waals surface area contributed by atoms with Crippen molar-refractivity contribution in [2.24, 2.45) is 5.73 Å². The molecule has 0 bridgehead atoms. The predicted octanol–water partition coefficient (Wildman–Crippen LogP) is 1.37. The predicted molar refractivity (Wildman–Crippen MR) is 69.9 cm³/mol. The van der Waals surface area contributed by atoms with Crippen molar-refractivity contribution in [2.75, 3.05) is 6.54 Å². The second-order valence-electron chi connectivity index (χ2n) is 4.70. The Morgan fingerprint density at radius 3 is 2.78 bits per heavy atom. The second-order valence-corrected chi connectivity index (χ2v) is 4.70. The molecular weight excluding hydrogens is 228 g/mol. The van der Waals surface area contributed by atoms with Gasteiger partial charge in [0.25, 0.3) is 0 Å². The monoisotopic (exact) mass is 248 g/mol. The first-order valence-corrected chi connectivity index (χ1v) is 6.41. The molecule has 2 rings (SSSR count). The van der Waals surface area contributed by atoms with Crippen molar-refractivity contribution >= 4 is 5.91 Å². The Morgan fingerprint density at radius 2 is 2.17 bits per heavy atom. The molecule has 1 aliphatic rings. The Bertz CT molecular complexity index is 394. The van der Waals surface area contributed by atoms with Crippen LogP contribution in [0.4, 0.5) is 0 Å². The minimum absolute atomic E-state index is 0.000716. The molecule has 98 valence electrons. The van der Waals surface area contributed by atoms with E-state index in [0.29, 0.717) is 6.54 Å². The van der Waals surface area contributed by atoms with Gasteiger partial charge in [0.05, 0.1) is 12.1 Å². The zero-order chi connectivity index (χ0) is 13.0. The first kappa shape index (κ1) is 13.1. The number of ether oxygens (including phenoxy) is 1. The number of nitrogens with one attached hydrogen (secondary N) is 1. The fraction of sp³-hybridized carbons (Fsp3) is 0.500. The number of rotatable bonds is 4. The zero-order valence-electron chi connectivity index (χ0n) is 10.6. The number of amides is 1. The molecule has 1 aliphatic heterocycles. The van der Waals surface area contributed by atoms with Crippen LogP contribution in [-0.4, -0.2) is 24.7 Å². The summed E-state index contributed by atoms with van der Waals surface area (Å²) < 4.78 is 5.57. The van der Waals surface area contributed by atoms with Gasteiger partial charge in [-0.05, 0) is 25.3 Å². The zero-order valence-corrected chi connectivity index (χ0v) is 10.6. The summed E-state index contributed by atoms with van der Waals surface area (Å²) in [6.07, 6.45) is 1.32. The SMILES string of the molecule is CC(NC(=O)[C@@H]1CC[C@H](CN)O1)c1ccccc1. The molecule has 1 aromatic rings. The highest BCUT2D eigenvalue weighted by molar-refractivity contribution is 5.81. The summed E-state index contributed by atoms with van der Waals surface area (Å²) in [7, 11) is 0. The van der Waals surface area contributed by atoms with Gasteiger partial charge in [0, 0.05) is 6.54 Å². The lowest BCUT2D eigenvalue weighted by atomic mass is 10.1. The van der Waals surface area contributed by atoms with Crippen molar-refractivity contribution in [2.45, 2.75) is 38.0 Å². The van der Waals surface area contributed by atoms with Crippen LogP contribution in [0.25, 0.3) is 0 Å². The molecule has 1 amide bonds. The molecule has 1 aromatic carbocycles. The topological polar surface area (TPSA) is 64.4 Å². The molecule has 4 heteroatoms. The number of carbonyl (C=O) groups is 1. The standard InChI is InChI=1S/C14H20N2O2/c1-10(11-5-3-2-4-6-11)16-14(17)13-8-7-12(9-15)18-13/h2-6,10,12-13H,7-9,15H2,1H3,(H,16,17)/t10?,12-,13+/m1/s1. The quantitative estimate of drug-likeness (QED) is 0.846. The molecular formula is C14H20N2O2. The van der Waals surface area contributed by atoms with Crippen LogP contribution in [0, 0.1) is 0 Å². The maximum absolute atomic E-state index is 12.0. The minimum Gasteiger partial charge on any atom is -0.364 e. The van der Waals surface area contributed by atoms with Crippen LogP contribution in [0.1, 0.15) is 31.4 Å². The largest absolute Gasteiger partial charge is 0.364 e. The van der Waals surface area contributed by atoms with Crippen LogP contribution in [0.3, 0.4) is 0 Å². The van der Waals surface area contributed by atoms with Gasteiger partial charge < -0.3 is 15.8 Å². The molecule has 0 radical (unpaired) electrons. The van der Waals surface area contributed by atoms with E-state index in [1.54, 1.807) is 0 Å². The Kier molecular flexibility index (Phi) is 4.33. The fourth-order valence-electron chi connectivity index (χ4n) is 2.20. The van der Waals surface area contributed by atoms with Crippen LogP contribution < -0.4 is 11.1 Å². The summed E-state index contributed by atoms with van der Waals surface area (Å²) in [6, 6.07) is 9.90. The van der Waals surface area contributed by atoms with E-state index in [9.17, 15) is 4.79 Å². The summed E-state index contributed by atoms with van der Waals surface area (Å²) >= 11 is 0. The van der Waals surface area contributed by atoms with Gasteiger partial charge in [-0.1, -0.05) is 30.3 Å². The molecule has 0 aromatic heterocycles. The summed E-state index contributed by atoms with van der Waals surface area (Å²) in [5.74, 6) is -0.0395. The first-order chi connectivity index (χ1) is 8.70. The molecule has 0 saturated carbocycles. The normalized spacial score (nSPS) is 24.8. The van der Waals surface area contributed by atoms with Gasteiger partial charge in [-0.2, -0.15) is 0 Å². The van der Waals surface area contributed by atoms with Gasteiger partial charge >= 0.3 is 0 Å². The first-order valence-electron chi connectivity index (χ1n) is 6.41. The smallest absolute Gasteiger partial charge is 0.249 e. The highest BCUT2D eigenvalue weighted by atomic mass is 16.5. The maximum Gasteiger partial charge on any atom is 0.249 e. The van der Waals surface area contributed by atoms with Crippen LogP contribution in [0.15, 0.2) is 30.3 Å². The third-order valence-electron chi connectivity index (χ3n) is 3.32. The van der Waals surface area contributed by atoms with Crippen LogP contribution in [-0.2, 0) is 9.53 Å². The maximum atomic E-state index is 12.0. The second kappa shape index (κ2) is 5.98. The average molecular weight is 248 g/mol. The van der Waals surface area contributed by atoms with Crippen molar-refractivity contribution in [1.29, 1.82) is 0 Å². The van der Waals surface area contributed by atoms with Gasteiger partial charge in [0.15, 0.2) is 0 Å². The number of benzene rings is 1. The number of carbonyl (C=O) groups excluding carboxylic acids is 1. The van der Waals surface area contributed by atoms with E-state index in [1.807, 2.05) is 37.3 Å². The Morgan fingerprint density at radius 1 is 1.44 bits per heavy atom. The van der Waals surface area contributed by atoms with E-state index in [-0.39, 0.29) is 24.2 Å². The molecule has 1 heterocycles. The lowest BCUT2D eigenvalue weighted by Crippen LogP contribution is -2.36. The number of nitrogens with two attached hydrogens (primary N) is 1. The summed E-state index contributed by atoms with van der Waals surface area (Å²) in [5, 5.41) is 2.98. The van der Waals surface area contributed by atoms with E-state index in [0.717, 1.165) is 18.4 Å². The van der Waals surface area contributed by atoms with Crippen LogP contribution in [0.2, 0.25) is 0 Å². The highest BCUT2D eigenvalue weighted by Gasteiger charge is 2.30. The van der Waals surface area contributed by atoms with Crippen molar-refractivity contribution in [1.82, 2.24) is 5.32 Å². The van der Waals surface area contributed by atoms with E-state index >= 15 is 0 Å². The molecule has 3 N–H and O–H groups in total. The molecule has 18 heavy (non-hydrogen) atoms. The van der Waals surface area contributed by atoms with Gasteiger partial charge in [0.1, 0.15) is 6.10 Å². The number of hydrogen-bond donors (Lipinski definition) is 2. The van der Waals surface area contributed by atoms with Crippen molar-refractivity contribution in [3.63, 3.8) is 0 Å². The van der Waals surface area contributed by atoms with Crippen LogP contribution in [0.5, 0.6) is 0 Å². The van der Waals surface area contributed by atoms with Crippen molar-refractivity contribution in [3.05, 3.63) is 35.9 Å². The summed E-state index contributed by atoms with van der Waals surface area (Å²) in [6.45, 7) is 2.46. The van der Waals surface area contributed by atoms with Crippen LogP contribution >= 0.6 is 0 Å². The lowest BCUT2D eigenvalue weighted by molar-refractivity contribution is -0.132. The Labute approximate surface area is 108 Å². The molecule has 1 fully saturated rings. The van der Waals surface area contributed by atoms with Crippen molar-refractivity contribution < 1.29 is 9.53 Å². The highest BCUT2D eigenvalue weighted by Crippen LogP contribution is 2.20. The summed E-state index contributed by atoms with van der Waals surface area (Å²) in [4.78, 5) is 12.0.